The number of ether oxygens (including phenoxy) is 4. The van der Waals surface area contributed by atoms with Crippen LogP contribution in [0.25, 0.3) is 11.4 Å². The molecule has 22 nitrogen and oxygen atoms in total. The number of rotatable bonds is 13. The highest BCUT2D eigenvalue weighted by atomic mass is 35.5. The molecule has 0 unspecified atom stereocenters. The Morgan fingerprint density at radius 2 is 1.13 bits per heavy atom. The largest absolute Gasteiger partial charge is 0.496 e. The molecular formula is C60H78Cl3N15O7. The summed E-state index contributed by atoms with van der Waals surface area (Å²) in [5.74, 6) is 6.22. The van der Waals surface area contributed by atoms with Crippen molar-refractivity contribution in [2.24, 2.45) is 0 Å². The summed E-state index contributed by atoms with van der Waals surface area (Å²) in [6.07, 6.45) is 23.0. The number of hydrogen-bond donors (Lipinski definition) is 6. The number of aliphatic hydroxyl groups is 3. The van der Waals surface area contributed by atoms with Crippen LogP contribution in [-0.4, -0.2) is 150 Å². The smallest absolute Gasteiger partial charge is 0.230 e. The number of benzene rings is 2. The van der Waals surface area contributed by atoms with Gasteiger partial charge >= 0.3 is 0 Å². The Morgan fingerprint density at radius 1 is 0.588 bits per heavy atom. The fourth-order valence-electron chi connectivity index (χ4n) is 11.7. The summed E-state index contributed by atoms with van der Waals surface area (Å²) in [4.78, 5) is 39.3. The average Bonchev–Trinajstić information content (AvgIpc) is 3.66. The first kappa shape index (κ1) is 62.7. The lowest BCUT2D eigenvalue weighted by Gasteiger charge is -2.26. The molecule has 85 heavy (non-hydrogen) atoms. The molecule has 5 aromatic heterocycles. The number of nitrogens with zero attached hydrogens (tertiary/aromatic N) is 12. The van der Waals surface area contributed by atoms with Crippen LogP contribution in [0.5, 0.6) is 23.0 Å². The zero-order chi connectivity index (χ0) is 60.1. The van der Waals surface area contributed by atoms with Crippen molar-refractivity contribution in [2.75, 3.05) is 88.7 Å². The number of nitrogen functional groups attached to an aromatic ring is 1. The van der Waals surface area contributed by atoms with E-state index in [0.29, 0.717) is 57.9 Å². The van der Waals surface area contributed by atoms with Crippen LogP contribution in [0, 0.1) is 13.8 Å². The van der Waals surface area contributed by atoms with Gasteiger partial charge in [-0.3, -0.25) is 0 Å². The molecule has 7 N–H and O–H groups in total. The third-order valence-electron chi connectivity index (χ3n) is 16.2. The molecule has 0 bridgehead atoms. The Balaban J connectivity index is 0.000000139. The first-order chi connectivity index (χ1) is 41.3. The molecule has 3 fully saturated rings. The molecule has 3 aliphatic heterocycles. The molecule has 3 atom stereocenters. The number of methoxy groups -OCH3 is 4. The number of nitrogens with two attached hydrogens (primary N) is 1. The van der Waals surface area contributed by atoms with Crippen molar-refractivity contribution < 1.29 is 34.3 Å². The molecular weight excluding hydrogens is 1150 g/mol. The van der Waals surface area contributed by atoms with Crippen molar-refractivity contribution in [1.29, 1.82) is 0 Å². The van der Waals surface area contributed by atoms with Crippen molar-refractivity contribution in [2.45, 2.75) is 128 Å². The SMILES string of the molecule is COc1cc(-n2cnc(N)c2)cc(OC)c1OC.COc1cc(-n2cnc(Nc3nc4c(c(N5CCC[C@@H]5CO)n3)CCC4)c2)cc(C)c1C.Clc1nc(Cl)c2c(n1)CCC2.OC[C@H]1CCCN1.OC[C@H]1CCCN1c1nc(Cl)nc2c1CCC2. The lowest BCUT2D eigenvalue weighted by atomic mass is 10.1. The third-order valence-corrected chi connectivity index (χ3v) is 16.9. The maximum atomic E-state index is 9.81. The van der Waals surface area contributed by atoms with Crippen molar-refractivity contribution in [3.05, 3.63) is 110 Å². The van der Waals surface area contributed by atoms with Gasteiger partial charge in [-0.05, 0) is 157 Å². The van der Waals surface area contributed by atoms with Gasteiger partial charge in [-0.15, -0.1) is 0 Å². The Hall–Kier alpha value is -6.79. The molecule has 2 aromatic carbocycles. The van der Waals surface area contributed by atoms with E-state index in [0.717, 1.165) is 166 Å². The summed E-state index contributed by atoms with van der Waals surface area (Å²) in [7, 11) is 6.40. The Bertz CT molecular complexity index is 3360. The maximum absolute atomic E-state index is 9.81. The van der Waals surface area contributed by atoms with Crippen LogP contribution in [0.4, 0.5) is 29.2 Å². The number of aliphatic hydroxyl groups excluding tert-OH is 3. The van der Waals surface area contributed by atoms with Crippen LogP contribution >= 0.6 is 34.8 Å². The molecule has 0 amide bonds. The van der Waals surface area contributed by atoms with E-state index in [1.54, 1.807) is 51.9 Å². The van der Waals surface area contributed by atoms with Crippen molar-refractivity contribution in [3.8, 4) is 34.4 Å². The van der Waals surface area contributed by atoms with Crippen LogP contribution in [0.15, 0.2) is 49.3 Å². The van der Waals surface area contributed by atoms with Gasteiger partial charge in [-0.25, -0.2) is 34.9 Å². The van der Waals surface area contributed by atoms with E-state index >= 15 is 0 Å². The number of hydrogen-bond acceptors (Lipinski definition) is 20. The number of imidazole rings is 2. The molecule has 3 aliphatic carbocycles. The number of halogens is 3. The number of anilines is 5. The first-order valence-electron chi connectivity index (χ1n) is 29.1. The molecule has 456 valence electrons. The van der Waals surface area contributed by atoms with Gasteiger partial charge in [0.1, 0.15) is 41.0 Å². The highest BCUT2D eigenvalue weighted by Gasteiger charge is 2.32. The van der Waals surface area contributed by atoms with E-state index in [4.69, 9.17) is 74.6 Å². The van der Waals surface area contributed by atoms with Crippen LogP contribution < -0.4 is 45.1 Å². The second-order valence-corrected chi connectivity index (χ2v) is 22.6. The van der Waals surface area contributed by atoms with Gasteiger partial charge in [-0.2, -0.15) is 4.98 Å². The zero-order valence-electron chi connectivity index (χ0n) is 49.3. The number of aryl methyl sites for hydroxylation is 4. The van der Waals surface area contributed by atoms with Crippen molar-refractivity contribution in [1.82, 2.24) is 54.3 Å². The van der Waals surface area contributed by atoms with Gasteiger partial charge < -0.3 is 69.6 Å². The second-order valence-electron chi connectivity index (χ2n) is 21.6. The molecule has 7 aromatic rings. The standard InChI is InChI=1S/C24H30N6O2.C12H16ClN3O.C12H15N3O3.C7H6Cl2N2.C5H11NO/c1-15-10-18(11-21(32-3)16(15)2)29-12-22(25-14-29)27-24-26-20-8-4-7-19(20)23(28-24)30-9-5-6-17(30)13-31;13-12-14-10-5-1-4-9(10)11(15-12)16-6-2-3-8(16)7-17;1-16-9-4-8(15-6-11(13)14-7-15)5-10(17-2)12(9)18-3;8-6-4-2-1-3-5(4)10-7(9)11-6;7-4-5-2-1-3-6-5/h10-12,14,17,31H,4-9,13H2,1-3H3,(H,26,27,28);8,17H,1-7H2;4-7H,13H2,1-3H3;1-3H2;5-7H,1-4H2/t17-;8-;;;5-/m11..1/s1. The quantitative estimate of drug-likeness (QED) is 0.0466. The summed E-state index contributed by atoms with van der Waals surface area (Å²) in [6, 6.07) is 8.52. The third kappa shape index (κ3) is 15.1. The maximum Gasteiger partial charge on any atom is 0.230 e. The fraction of sp³-hybridized carbons (Fsp3) is 0.500. The van der Waals surface area contributed by atoms with E-state index in [2.05, 4.69) is 70.3 Å². The molecule has 25 heteroatoms. The first-order valence-corrected chi connectivity index (χ1v) is 30.2. The summed E-state index contributed by atoms with van der Waals surface area (Å²) in [6.45, 7) is 7.77. The van der Waals surface area contributed by atoms with Gasteiger partial charge in [0.25, 0.3) is 0 Å². The summed E-state index contributed by atoms with van der Waals surface area (Å²) >= 11 is 17.4. The van der Waals surface area contributed by atoms with E-state index in [-0.39, 0.29) is 30.6 Å². The highest BCUT2D eigenvalue weighted by molar-refractivity contribution is 6.32. The van der Waals surface area contributed by atoms with Crippen LogP contribution in [0.1, 0.15) is 103 Å². The molecule has 8 heterocycles. The fourth-order valence-corrected chi connectivity index (χ4v) is 12.4. The Morgan fingerprint density at radius 3 is 1.67 bits per heavy atom. The van der Waals surface area contributed by atoms with Crippen molar-refractivity contribution in [3.63, 3.8) is 0 Å². The van der Waals surface area contributed by atoms with Gasteiger partial charge in [0.2, 0.25) is 22.3 Å². The van der Waals surface area contributed by atoms with Gasteiger partial charge in [0.15, 0.2) is 17.3 Å². The predicted octanol–water partition coefficient (Wildman–Crippen LogP) is 8.54. The van der Waals surface area contributed by atoms with E-state index in [9.17, 15) is 10.2 Å². The van der Waals surface area contributed by atoms with Crippen LogP contribution in [0.2, 0.25) is 15.7 Å². The molecule has 0 radical (unpaired) electrons. The minimum atomic E-state index is 0.140. The lowest BCUT2D eigenvalue weighted by molar-refractivity contribution is 0.255. The monoisotopic (exact) mass is 1230 g/mol. The molecule has 6 aliphatic rings. The Labute approximate surface area is 511 Å². The van der Waals surface area contributed by atoms with Gasteiger partial charge in [0.05, 0.1) is 101 Å². The van der Waals surface area contributed by atoms with Gasteiger partial charge in [-0.1, -0.05) is 11.6 Å². The minimum Gasteiger partial charge on any atom is -0.496 e. The van der Waals surface area contributed by atoms with Gasteiger partial charge in [0, 0.05) is 54.0 Å². The molecule has 13 rings (SSSR count). The zero-order valence-corrected chi connectivity index (χ0v) is 51.5. The molecule has 0 spiro atoms. The summed E-state index contributed by atoms with van der Waals surface area (Å²) in [5.41, 5.74) is 16.5. The lowest BCUT2D eigenvalue weighted by Crippen LogP contribution is -2.33. The highest BCUT2D eigenvalue weighted by Crippen LogP contribution is 2.40. The second kappa shape index (κ2) is 29.5. The van der Waals surface area contributed by atoms with E-state index in [1.165, 1.54) is 23.1 Å². The number of fused-ring (bicyclic) bond motifs is 3. The number of nitrogens with one attached hydrogen (secondary N) is 2. The van der Waals surface area contributed by atoms with Crippen LogP contribution in [0.3, 0.4) is 0 Å². The topological polar surface area (TPSA) is 267 Å². The number of aromatic nitrogens is 10. The summed E-state index contributed by atoms with van der Waals surface area (Å²) in [5, 5.41) is 35.3. The average molecular weight is 1230 g/mol. The minimum absolute atomic E-state index is 0.140. The predicted molar refractivity (Wildman–Crippen MR) is 331 cm³/mol. The van der Waals surface area contributed by atoms with E-state index < -0.39 is 0 Å². The summed E-state index contributed by atoms with van der Waals surface area (Å²) < 4.78 is 25.1. The van der Waals surface area contributed by atoms with Crippen molar-refractivity contribution >= 4 is 64.0 Å². The Kier molecular flexibility index (Phi) is 21.8. The van der Waals surface area contributed by atoms with Crippen LogP contribution in [-0.2, 0) is 38.5 Å². The normalized spacial score (nSPS) is 18.0. The van der Waals surface area contributed by atoms with E-state index in [1.807, 2.05) is 29.0 Å². The molecule has 0 saturated carbocycles. The molecule has 3 saturated heterocycles.